The summed E-state index contributed by atoms with van der Waals surface area (Å²) in [4.78, 5) is 12.0. The first-order valence-corrected chi connectivity index (χ1v) is 8.06. The summed E-state index contributed by atoms with van der Waals surface area (Å²) in [5.74, 6) is 1.42. The molecule has 24 heavy (non-hydrogen) atoms. The zero-order chi connectivity index (χ0) is 17.6. The van der Waals surface area contributed by atoms with Crippen molar-refractivity contribution >= 4 is 5.91 Å². The van der Waals surface area contributed by atoms with Gasteiger partial charge < -0.3 is 14.8 Å². The number of ether oxygens (including phenoxy) is 2. The van der Waals surface area contributed by atoms with Crippen LogP contribution in [-0.2, 0) is 5.41 Å². The van der Waals surface area contributed by atoms with Crippen LogP contribution in [0.5, 0.6) is 11.5 Å². The molecule has 0 unspecified atom stereocenters. The summed E-state index contributed by atoms with van der Waals surface area (Å²) in [7, 11) is 1.60. The smallest absolute Gasteiger partial charge is 0.251 e. The van der Waals surface area contributed by atoms with Gasteiger partial charge in [0, 0.05) is 5.56 Å². The first-order chi connectivity index (χ1) is 11.4. The molecule has 1 amide bonds. The summed E-state index contributed by atoms with van der Waals surface area (Å²) >= 11 is 0. The van der Waals surface area contributed by atoms with Crippen LogP contribution in [0.1, 0.15) is 36.7 Å². The lowest BCUT2D eigenvalue weighted by atomic mass is 9.87. The number of nitrogens with one attached hydrogen (secondary N) is 1. The van der Waals surface area contributed by atoms with Crippen molar-refractivity contribution in [3.63, 3.8) is 0 Å². The van der Waals surface area contributed by atoms with Gasteiger partial charge in [-0.05, 0) is 47.4 Å². The quantitative estimate of drug-likeness (QED) is 0.821. The third-order valence-corrected chi connectivity index (χ3v) is 3.73. The summed E-state index contributed by atoms with van der Waals surface area (Å²) in [5.41, 5.74) is 2.00. The van der Waals surface area contributed by atoms with Crippen molar-refractivity contribution in [3.8, 4) is 11.5 Å². The fraction of sp³-hybridized carbons (Fsp3) is 0.350. The molecule has 1 N–H and O–H groups in total. The van der Waals surface area contributed by atoms with Crippen LogP contribution >= 0.6 is 0 Å². The molecule has 128 valence electrons. The monoisotopic (exact) mass is 327 g/mol. The van der Waals surface area contributed by atoms with Gasteiger partial charge in [0.2, 0.25) is 0 Å². The summed E-state index contributed by atoms with van der Waals surface area (Å²) < 4.78 is 10.7. The Kier molecular flexibility index (Phi) is 5.85. The molecule has 0 saturated carbocycles. The Morgan fingerprint density at radius 1 is 0.958 bits per heavy atom. The highest BCUT2D eigenvalue weighted by atomic mass is 16.5. The highest BCUT2D eigenvalue weighted by molar-refractivity contribution is 5.94. The Balaban J connectivity index is 1.77. The molecule has 0 aliphatic rings. The second-order valence-corrected chi connectivity index (χ2v) is 6.61. The van der Waals surface area contributed by atoms with Crippen molar-refractivity contribution in [3.05, 3.63) is 59.7 Å². The number of carbonyl (C=O) groups excluding carboxylic acids is 1. The minimum absolute atomic E-state index is 0.121. The number of carbonyl (C=O) groups is 1. The molecule has 0 saturated heterocycles. The van der Waals surface area contributed by atoms with Gasteiger partial charge in [-0.1, -0.05) is 32.9 Å². The highest BCUT2D eigenvalue weighted by Gasteiger charge is 2.13. The predicted molar refractivity (Wildman–Crippen MR) is 96.0 cm³/mol. The Hall–Kier alpha value is -2.49. The van der Waals surface area contributed by atoms with Crippen molar-refractivity contribution < 1.29 is 14.3 Å². The SMILES string of the molecule is COc1ccc(C(=O)NCCOc2ccc(C(C)(C)C)cc2)cc1. The van der Waals surface area contributed by atoms with Crippen LogP contribution < -0.4 is 14.8 Å². The van der Waals surface area contributed by atoms with Gasteiger partial charge >= 0.3 is 0 Å². The molecular formula is C20H25NO3. The maximum atomic E-state index is 12.0. The molecule has 0 bridgehead atoms. The first-order valence-electron chi connectivity index (χ1n) is 8.06. The predicted octanol–water partition coefficient (Wildman–Crippen LogP) is 3.80. The minimum Gasteiger partial charge on any atom is -0.497 e. The molecular weight excluding hydrogens is 302 g/mol. The van der Waals surface area contributed by atoms with E-state index in [0.717, 1.165) is 11.5 Å². The largest absolute Gasteiger partial charge is 0.497 e. The summed E-state index contributed by atoms with van der Waals surface area (Å²) in [6.45, 7) is 7.41. The van der Waals surface area contributed by atoms with Crippen LogP contribution in [0.25, 0.3) is 0 Å². The zero-order valence-corrected chi connectivity index (χ0v) is 14.8. The number of rotatable bonds is 6. The van der Waals surface area contributed by atoms with Gasteiger partial charge in [0.15, 0.2) is 0 Å². The number of benzene rings is 2. The standard InChI is InChI=1S/C20H25NO3/c1-20(2,3)16-7-11-18(12-8-16)24-14-13-21-19(22)15-5-9-17(23-4)10-6-15/h5-12H,13-14H2,1-4H3,(H,21,22). The molecule has 0 atom stereocenters. The first kappa shape index (κ1) is 17.9. The Morgan fingerprint density at radius 3 is 2.08 bits per heavy atom. The van der Waals surface area contributed by atoms with E-state index in [9.17, 15) is 4.79 Å². The van der Waals surface area contributed by atoms with Crippen LogP contribution in [0, 0.1) is 0 Å². The molecule has 2 aromatic rings. The van der Waals surface area contributed by atoms with Crippen molar-refractivity contribution in [2.45, 2.75) is 26.2 Å². The number of hydrogen-bond donors (Lipinski definition) is 1. The molecule has 0 fully saturated rings. The Bertz CT molecular complexity index is 655. The fourth-order valence-electron chi connectivity index (χ4n) is 2.23. The zero-order valence-electron chi connectivity index (χ0n) is 14.8. The van der Waals surface area contributed by atoms with Crippen LogP contribution in [0.15, 0.2) is 48.5 Å². The lowest BCUT2D eigenvalue weighted by molar-refractivity contribution is 0.0947. The summed E-state index contributed by atoms with van der Waals surface area (Å²) in [6, 6.07) is 15.1. The van der Waals surface area contributed by atoms with Gasteiger partial charge in [-0.2, -0.15) is 0 Å². The van der Waals surface area contributed by atoms with Crippen LogP contribution in [0.2, 0.25) is 0 Å². The second-order valence-electron chi connectivity index (χ2n) is 6.61. The number of amides is 1. The third kappa shape index (κ3) is 5.01. The van der Waals surface area contributed by atoms with E-state index < -0.39 is 0 Å². The average Bonchev–Trinajstić information content (AvgIpc) is 2.58. The molecule has 0 radical (unpaired) electrons. The molecule has 2 aromatic carbocycles. The molecule has 4 heteroatoms. The summed E-state index contributed by atoms with van der Waals surface area (Å²) in [6.07, 6.45) is 0. The third-order valence-electron chi connectivity index (χ3n) is 3.73. The van der Waals surface area contributed by atoms with Gasteiger partial charge in [0.05, 0.1) is 13.7 Å². The van der Waals surface area contributed by atoms with E-state index in [4.69, 9.17) is 9.47 Å². The molecule has 0 heterocycles. The van der Waals surface area contributed by atoms with Crippen LogP contribution in [-0.4, -0.2) is 26.2 Å². The van der Waals surface area contributed by atoms with E-state index in [2.05, 4.69) is 38.2 Å². The lowest BCUT2D eigenvalue weighted by Crippen LogP contribution is -2.28. The van der Waals surface area contributed by atoms with E-state index in [-0.39, 0.29) is 11.3 Å². The highest BCUT2D eigenvalue weighted by Crippen LogP contribution is 2.24. The Morgan fingerprint density at radius 2 is 1.54 bits per heavy atom. The van der Waals surface area contributed by atoms with Crippen molar-refractivity contribution in [1.82, 2.24) is 5.32 Å². The van der Waals surface area contributed by atoms with E-state index >= 15 is 0 Å². The maximum absolute atomic E-state index is 12.0. The van der Waals surface area contributed by atoms with Crippen molar-refractivity contribution in [1.29, 1.82) is 0 Å². The maximum Gasteiger partial charge on any atom is 0.251 e. The van der Waals surface area contributed by atoms with Gasteiger partial charge in [-0.25, -0.2) is 0 Å². The van der Waals surface area contributed by atoms with Gasteiger partial charge in [0.25, 0.3) is 5.91 Å². The van der Waals surface area contributed by atoms with E-state index in [1.807, 2.05) is 12.1 Å². The lowest BCUT2D eigenvalue weighted by Gasteiger charge is -2.19. The Labute approximate surface area is 143 Å². The molecule has 4 nitrogen and oxygen atoms in total. The normalized spacial score (nSPS) is 11.0. The van der Waals surface area contributed by atoms with E-state index in [0.29, 0.717) is 18.7 Å². The van der Waals surface area contributed by atoms with Crippen molar-refractivity contribution in [2.24, 2.45) is 0 Å². The topological polar surface area (TPSA) is 47.6 Å². The van der Waals surface area contributed by atoms with Gasteiger partial charge in [-0.3, -0.25) is 4.79 Å². The van der Waals surface area contributed by atoms with Gasteiger partial charge in [-0.15, -0.1) is 0 Å². The van der Waals surface area contributed by atoms with Crippen LogP contribution in [0.3, 0.4) is 0 Å². The molecule has 0 aromatic heterocycles. The number of methoxy groups -OCH3 is 1. The van der Waals surface area contributed by atoms with Crippen LogP contribution in [0.4, 0.5) is 0 Å². The minimum atomic E-state index is -0.121. The van der Waals surface area contributed by atoms with Gasteiger partial charge in [0.1, 0.15) is 18.1 Å². The molecule has 0 aliphatic carbocycles. The molecule has 0 spiro atoms. The average molecular weight is 327 g/mol. The second kappa shape index (κ2) is 7.86. The fourth-order valence-corrected chi connectivity index (χ4v) is 2.23. The number of hydrogen-bond acceptors (Lipinski definition) is 3. The van der Waals surface area contributed by atoms with Crippen molar-refractivity contribution in [2.75, 3.05) is 20.3 Å². The summed E-state index contributed by atoms with van der Waals surface area (Å²) in [5, 5.41) is 2.84. The van der Waals surface area contributed by atoms with E-state index in [1.54, 1.807) is 31.4 Å². The molecule has 0 aliphatic heterocycles. The molecule has 2 rings (SSSR count). The van der Waals surface area contributed by atoms with E-state index in [1.165, 1.54) is 5.56 Å².